The Morgan fingerprint density at radius 1 is 1.37 bits per heavy atom. The fraction of sp³-hybridized carbons (Fsp3) is 0.533. The molecule has 0 saturated carbocycles. The second-order valence-electron chi connectivity index (χ2n) is 5.16. The highest BCUT2D eigenvalue weighted by Crippen LogP contribution is 2.23. The topological polar surface area (TPSA) is 49.8 Å². The maximum Gasteiger partial charge on any atom is 0.312 e. The highest BCUT2D eigenvalue weighted by molar-refractivity contribution is 5.77. The predicted octanol–water partition coefficient (Wildman–Crippen LogP) is 1.80. The van der Waals surface area contributed by atoms with Crippen molar-refractivity contribution in [3.63, 3.8) is 0 Å². The SMILES string of the molecule is Cc1ccc(C)c(C(CN2CCOCC2)C(=O)O)c1. The third-order valence-electron chi connectivity index (χ3n) is 3.65. The lowest BCUT2D eigenvalue weighted by molar-refractivity contribution is -0.139. The number of rotatable bonds is 4. The molecule has 0 amide bonds. The monoisotopic (exact) mass is 263 g/mol. The molecule has 1 aromatic rings. The molecule has 2 rings (SSSR count). The van der Waals surface area contributed by atoms with E-state index in [-0.39, 0.29) is 0 Å². The van der Waals surface area contributed by atoms with Crippen molar-refractivity contribution < 1.29 is 14.6 Å². The Bertz CT molecular complexity index is 453. The van der Waals surface area contributed by atoms with Crippen molar-refractivity contribution in [2.24, 2.45) is 0 Å². The van der Waals surface area contributed by atoms with Gasteiger partial charge in [-0.25, -0.2) is 0 Å². The third kappa shape index (κ3) is 3.55. The van der Waals surface area contributed by atoms with Crippen LogP contribution in [0.25, 0.3) is 0 Å². The first-order valence-electron chi connectivity index (χ1n) is 6.68. The molecule has 1 heterocycles. The molecule has 19 heavy (non-hydrogen) atoms. The molecule has 0 aliphatic carbocycles. The molecular weight excluding hydrogens is 242 g/mol. The Hall–Kier alpha value is -1.39. The largest absolute Gasteiger partial charge is 0.481 e. The molecule has 104 valence electrons. The van der Waals surface area contributed by atoms with Gasteiger partial charge >= 0.3 is 5.97 Å². The summed E-state index contributed by atoms with van der Waals surface area (Å²) in [6, 6.07) is 6.01. The van der Waals surface area contributed by atoms with Gasteiger partial charge in [0.05, 0.1) is 19.1 Å². The summed E-state index contributed by atoms with van der Waals surface area (Å²) < 4.78 is 5.30. The van der Waals surface area contributed by atoms with E-state index in [4.69, 9.17) is 4.74 Å². The van der Waals surface area contributed by atoms with Gasteiger partial charge in [-0.15, -0.1) is 0 Å². The van der Waals surface area contributed by atoms with E-state index in [1.165, 1.54) is 0 Å². The van der Waals surface area contributed by atoms with Crippen molar-refractivity contribution in [3.8, 4) is 0 Å². The molecule has 1 atom stereocenters. The standard InChI is InChI=1S/C15H21NO3/c1-11-3-4-12(2)13(9-11)14(15(17)18)10-16-5-7-19-8-6-16/h3-4,9,14H,5-8,10H2,1-2H3,(H,17,18). The van der Waals surface area contributed by atoms with Gasteiger partial charge in [0.2, 0.25) is 0 Å². The predicted molar refractivity (Wildman–Crippen MR) is 73.6 cm³/mol. The van der Waals surface area contributed by atoms with Gasteiger partial charge in [0.1, 0.15) is 0 Å². The van der Waals surface area contributed by atoms with Crippen LogP contribution in [0.5, 0.6) is 0 Å². The van der Waals surface area contributed by atoms with Gasteiger partial charge in [0, 0.05) is 19.6 Å². The summed E-state index contributed by atoms with van der Waals surface area (Å²) in [6.07, 6.45) is 0. The fourth-order valence-electron chi connectivity index (χ4n) is 2.49. The maximum absolute atomic E-state index is 11.6. The van der Waals surface area contributed by atoms with Gasteiger partial charge in [-0.2, -0.15) is 0 Å². The number of aliphatic carboxylic acids is 1. The molecule has 1 aliphatic heterocycles. The zero-order valence-corrected chi connectivity index (χ0v) is 11.6. The molecule has 1 aromatic carbocycles. The first-order chi connectivity index (χ1) is 9.08. The lowest BCUT2D eigenvalue weighted by atomic mass is 9.92. The smallest absolute Gasteiger partial charge is 0.312 e. The molecule has 1 unspecified atom stereocenters. The summed E-state index contributed by atoms with van der Waals surface area (Å²) in [5.41, 5.74) is 3.08. The van der Waals surface area contributed by atoms with Crippen LogP contribution in [-0.2, 0) is 9.53 Å². The Morgan fingerprint density at radius 3 is 2.68 bits per heavy atom. The van der Waals surface area contributed by atoms with Crippen molar-refractivity contribution in [1.29, 1.82) is 0 Å². The Morgan fingerprint density at radius 2 is 2.05 bits per heavy atom. The number of carboxylic acids is 1. The highest BCUT2D eigenvalue weighted by Gasteiger charge is 2.25. The van der Waals surface area contributed by atoms with Crippen molar-refractivity contribution in [2.75, 3.05) is 32.8 Å². The van der Waals surface area contributed by atoms with Gasteiger partial charge in [-0.05, 0) is 25.0 Å². The number of carboxylic acid groups (broad SMARTS) is 1. The molecule has 0 spiro atoms. The highest BCUT2D eigenvalue weighted by atomic mass is 16.5. The Kier molecular flexibility index (Phi) is 4.56. The van der Waals surface area contributed by atoms with Crippen LogP contribution >= 0.6 is 0 Å². The lowest BCUT2D eigenvalue weighted by Gasteiger charge is -2.29. The minimum absolute atomic E-state index is 0.460. The van der Waals surface area contributed by atoms with Crippen LogP contribution < -0.4 is 0 Å². The van der Waals surface area contributed by atoms with Crippen LogP contribution in [0.1, 0.15) is 22.6 Å². The van der Waals surface area contributed by atoms with Gasteiger partial charge in [0.15, 0.2) is 0 Å². The van der Waals surface area contributed by atoms with Crippen molar-refractivity contribution in [1.82, 2.24) is 4.90 Å². The molecular formula is C15H21NO3. The van der Waals surface area contributed by atoms with Crippen LogP contribution in [0.2, 0.25) is 0 Å². The summed E-state index contributed by atoms with van der Waals surface area (Å²) in [7, 11) is 0. The number of aryl methyl sites for hydroxylation is 2. The van der Waals surface area contributed by atoms with Crippen LogP contribution in [0.15, 0.2) is 18.2 Å². The van der Waals surface area contributed by atoms with E-state index in [2.05, 4.69) is 4.90 Å². The van der Waals surface area contributed by atoms with Crippen LogP contribution in [0.3, 0.4) is 0 Å². The third-order valence-corrected chi connectivity index (χ3v) is 3.65. The van der Waals surface area contributed by atoms with E-state index in [1.54, 1.807) is 0 Å². The van der Waals surface area contributed by atoms with Gasteiger partial charge in [-0.1, -0.05) is 23.8 Å². The van der Waals surface area contributed by atoms with E-state index in [9.17, 15) is 9.90 Å². The number of benzene rings is 1. The summed E-state index contributed by atoms with van der Waals surface area (Å²) in [5, 5.41) is 9.51. The molecule has 1 aliphatic rings. The summed E-state index contributed by atoms with van der Waals surface area (Å²) >= 11 is 0. The molecule has 1 saturated heterocycles. The van der Waals surface area contributed by atoms with Gasteiger partial charge < -0.3 is 9.84 Å². The number of carbonyl (C=O) groups is 1. The molecule has 1 fully saturated rings. The second-order valence-corrected chi connectivity index (χ2v) is 5.16. The van der Waals surface area contributed by atoms with E-state index in [0.717, 1.165) is 29.8 Å². The summed E-state index contributed by atoms with van der Waals surface area (Å²) in [5.74, 6) is -1.21. The zero-order valence-electron chi connectivity index (χ0n) is 11.6. The number of hydrogen-bond donors (Lipinski definition) is 1. The van der Waals surface area contributed by atoms with E-state index in [1.807, 2.05) is 32.0 Å². The van der Waals surface area contributed by atoms with Crippen LogP contribution in [0, 0.1) is 13.8 Å². The maximum atomic E-state index is 11.6. The van der Waals surface area contributed by atoms with Crippen molar-refractivity contribution in [3.05, 3.63) is 34.9 Å². The number of hydrogen-bond acceptors (Lipinski definition) is 3. The molecule has 1 N–H and O–H groups in total. The zero-order chi connectivity index (χ0) is 13.8. The Balaban J connectivity index is 2.19. The normalized spacial score (nSPS) is 18.2. The molecule has 4 heteroatoms. The van der Waals surface area contributed by atoms with Crippen molar-refractivity contribution >= 4 is 5.97 Å². The number of morpholine rings is 1. The van der Waals surface area contributed by atoms with Crippen LogP contribution in [-0.4, -0.2) is 48.8 Å². The fourth-order valence-corrected chi connectivity index (χ4v) is 2.49. The second kappa shape index (κ2) is 6.17. The van der Waals surface area contributed by atoms with E-state index in [0.29, 0.717) is 19.8 Å². The molecule has 0 radical (unpaired) electrons. The molecule has 0 bridgehead atoms. The first-order valence-corrected chi connectivity index (χ1v) is 6.68. The lowest BCUT2D eigenvalue weighted by Crippen LogP contribution is -2.40. The van der Waals surface area contributed by atoms with Gasteiger partial charge in [0.25, 0.3) is 0 Å². The summed E-state index contributed by atoms with van der Waals surface area (Å²) in [4.78, 5) is 13.7. The number of ether oxygens (including phenoxy) is 1. The summed E-state index contributed by atoms with van der Waals surface area (Å²) in [6.45, 7) is 7.55. The average Bonchev–Trinajstić information content (AvgIpc) is 2.40. The molecule has 4 nitrogen and oxygen atoms in total. The average molecular weight is 263 g/mol. The minimum Gasteiger partial charge on any atom is -0.481 e. The molecule has 0 aromatic heterocycles. The van der Waals surface area contributed by atoms with E-state index < -0.39 is 11.9 Å². The minimum atomic E-state index is -0.750. The quantitative estimate of drug-likeness (QED) is 0.900. The number of nitrogens with zero attached hydrogens (tertiary/aromatic N) is 1. The van der Waals surface area contributed by atoms with Crippen LogP contribution in [0.4, 0.5) is 0 Å². The first kappa shape index (κ1) is 14.0. The van der Waals surface area contributed by atoms with Crippen molar-refractivity contribution in [2.45, 2.75) is 19.8 Å². The van der Waals surface area contributed by atoms with Gasteiger partial charge in [-0.3, -0.25) is 9.69 Å². The van der Waals surface area contributed by atoms with E-state index >= 15 is 0 Å². The Labute approximate surface area is 114 Å².